The Kier molecular flexibility index (Phi) is 5.42. The SMILES string of the molecule is O=C(N[C@@H]1CC(=O)N(c2ccc(F)cc2)C1)c1cc(COc2ccccc2F)on1. The quantitative estimate of drug-likeness (QED) is 0.672. The molecule has 2 heterocycles. The summed E-state index contributed by atoms with van der Waals surface area (Å²) in [5, 5.41) is 6.43. The van der Waals surface area contributed by atoms with Gasteiger partial charge in [0.25, 0.3) is 5.91 Å². The van der Waals surface area contributed by atoms with E-state index in [1.807, 2.05) is 0 Å². The smallest absolute Gasteiger partial charge is 0.273 e. The van der Waals surface area contributed by atoms with Gasteiger partial charge in [-0.05, 0) is 36.4 Å². The number of ether oxygens (including phenoxy) is 1. The van der Waals surface area contributed by atoms with E-state index in [-0.39, 0.29) is 42.7 Å². The molecular formula is C21H17F2N3O4. The minimum absolute atomic E-state index is 0.0230. The lowest BCUT2D eigenvalue weighted by molar-refractivity contribution is -0.117. The van der Waals surface area contributed by atoms with E-state index in [4.69, 9.17) is 9.26 Å². The second kappa shape index (κ2) is 8.32. The van der Waals surface area contributed by atoms with Crippen molar-refractivity contribution >= 4 is 17.5 Å². The third kappa shape index (κ3) is 4.29. The number of para-hydroxylation sites is 1. The van der Waals surface area contributed by atoms with Crippen LogP contribution in [-0.4, -0.2) is 29.6 Å². The maximum atomic E-state index is 13.6. The first kappa shape index (κ1) is 19.6. The van der Waals surface area contributed by atoms with Gasteiger partial charge >= 0.3 is 0 Å². The predicted molar refractivity (Wildman–Crippen MR) is 102 cm³/mol. The van der Waals surface area contributed by atoms with Crippen LogP contribution in [0.5, 0.6) is 5.75 Å². The average Bonchev–Trinajstić information content (AvgIpc) is 3.35. The number of nitrogens with one attached hydrogen (secondary N) is 1. The van der Waals surface area contributed by atoms with Crippen molar-refractivity contribution in [3.8, 4) is 5.75 Å². The Morgan fingerprint density at radius 2 is 1.97 bits per heavy atom. The van der Waals surface area contributed by atoms with Gasteiger partial charge in [-0.2, -0.15) is 0 Å². The van der Waals surface area contributed by atoms with Crippen molar-refractivity contribution in [2.45, 2.75) is 19.1 Å². The molecule has 2 amide bonds. The first-order chi connectivity index (χ1) is 14.5. The van der Waals surface area contributed by atoms with Crippen LogP contribution in [0.15, 0.2) is 59.1 Å². The number of halogens is 2. The van der Waals surface area contributed by atoms with Gasteiger partial charge in [0.15, 0.2) is 23.0 Å². The largest absolute Gasteiger partial charge is 0.482 e. The molecule has 1 aliphatic rings. The summed E-state index contributed by atoms with van der Waals surface area (Å²) in [7, 11) is 0. The summed E-state index contributed by atoms with van der Waals surface area (Å²) in [4.78, 5) is 26.1. The molecule has 154 valence electrons. The van der Waals surface area contributed by atoms with Crippen molar-refractivity contribution in [1.82, 2.24) is 10.5 Å². The lowest BCUT2D eigenvalue weighted by Gasteiger charge is -2.17. The van der Waals surface area contributed by atoms with Gasteiger partial charge in [0.05, 0.1) is 6.04 Å². The predicted octanol–water partition coefficient (Wildman–Crippen LogP) is 3.07. The number of aromatic nitrogens is 1. The van der Waals surface area contributed by atoms with Crippen LogP contribution in [0, 0.1) is 11.6 Å². The number of hydrogen-bond acceptors (Lipinski definition) is 5. The minimum atomic E-state index is -0.508. The first-order valence-electron chi connectivity index (χ1n) is 9.19. The van der Waals surface area contributed by atoms with Crippen LogP contribution >= 0.6 is 0 Å². The highest BCUT2D eigenvalue weighted by atomic mass is 19.1. The lowest BCUT2D eigenvalue weighted by atomic mass is 10.2. The molecule has 7 nitrogen and oxygen atoms in total. The molecule has 1 fully saturated rings. The molecule has 1 saturated heterocycles. The summed E-state index contributed by atoms with van der Waals surface area (Å²) in [6.07, 6.45) is 0.115. The molecule has 1 N–H and O–H groups in total. The van der Waals surface area contributed by atoms with Crippen LogP contribution in [0.2, 0.25) is 0 Å². The van der Waals surface area contributed by atoms with Crippen molar-refractivity contribution in [3.63, 3.8) is 0 Å². The number of carbonyl (C=O) groups excluding carboxylic acids is 2. The molecule has 0 aliphatic carbocycles. The van der Waals surface area contributed by atoms with E-state index >= 15 is 0 Å². The maximum Gasteiger partial charge on any atom is 0.273 e. The van der Waals surface area contributed by atoms with E-state index in [9.17, 15) is 18.4 Å². The number of hydrogen-bond donors (Lipinski definition) is 1. The van der Waals surface area contributed by atoms with Crippen molar-refractivity contribution in [2.24, 2.45) is 0 Å². The molecule has 1 aliphatic heterocycles. The molecule has 0 spiro atoms. The van der Waals surface area contributed by atoms with Crippen LogP contribution in [0.3, 0.4) is 0 Å². The number of amides is 2. The van der Waals surface area contributed by atoms with Crippen LogP contribution < -0.4 is 15.0 Å². The topological polar surface area (TPSA) is 84.7 Å². The average molecular weight is 413 g/mol. The molecule has 0 bridgehead atoms. The zero-order chi connectivity index (χ0) is 21.1. The normalized spacial score (nSPS) is 16.0. The van der Waals surface area contributed by atoms with Gasteiger partial charge in [0.1, 0.15) is 12.4 Å². The first-order valence-corrected chi connectivity index (χ1v) is 9.19. The third-order valence-corrected chi connectivity index (χ3v) is 4.60. The second-order valence-electron chi connectivity index (χ2n) is 6.75. The lowest BCUT2D eigenvalue weighted by Crippen LogP contribution is -2.37. The zero-order valence-corrected chi connectivity index (χ0v) is 15.7. The summed E-state index contributed by atoms with van der Waals surface area (Å²) < 4.78 is 37.0. The van der Waals surface area contributed by atoms with Gasteiger partial charge < -0.3 is 19.5 Å². The van der Waals surface area contributed by atoms with Gasteiger partial charge in [-0.3, -0.25) is 9.59 Å². The molecule has 1 aromatic heterocycles. The third-order valence-electron chi connectivity index (χ3n) is 4.60. The van der Waals surface area contributed by atoms with Gasteiger partial charge in [-0.25, -0.2) is 8.78 Å². The number of nitrogens with zero attached hydrogens (tertiary/aromatic N) is 2. The molecule has 0 saturated carbocycles. The maximum absolute atomic E-state index is 13.6. The van der Waals surface area contributed by atoms with Gasteiger partial charge in [-0.15, -0.1) is 0 Å². The Bertz CT molecular complexity index is 1070. The van der Waals surface area contributed by atoms with E-state index in [0.29, 0.717) is 5.69 Å². The fourth-order valence-corrected chi connectivity index (χ4v) is 3.13. The van der Waals surface area contributed by atoms with Crippen LogP contribution in [0.1, 0.15) is 22.7 Å². The number of anilines is 1. The van der Waals surface area contributed by atoms with Gasteiger partial charge in [0, 0.05) is 24.7 Å². The Hall–Kier alpha value is -3.75. The van der Waals surface area contributed by atoms with Gasteiger partial charge in [0.2, 0.25) is 5.91 Å². The molecule has 9 heteroatoms. The van der Waals surface area contributed by atoms with Crippen molar-refractivity contribution < 1.29 is 27.6 Å². The number of benzene rings is 2. The summed E-state index contributed by atoms with van der Waals surface area (Å²) >= 11 is 0. The van der Waals surface area contributed by atoms with Crippen LogP contribution in [0.4, 0.5) is 14.5 Å². The highest BCUT2D eigenvalue weighted by Gasteiger charge is 2.32. The fraction of sp³-hybridized carbons (Fsp3) is 0.190. The molecule has 0 unspecified atom stereocenters. The Balaban J connectivity index is 1.34. The molecule has 0 radical (unpaired) electrons. The van der Waals surface area contributed by atoms with Crippen LogP contribution in [-0.2, 0) is 11.4 Å². The molecular weight excluding hydrogens is 396 g/mol. The summed E-state index contributed by atoms with van der Waals surface area (Å²) in [6.45, 7) is 0.165. The van der Waals surface area contributed by atoms with Crippen molar-refractivity contribution in [3.05, 3.63) is 77.7 Å². The number of carbonyl (C=O) groups is 2. The van der Waals surface area contributed by atoms with E-state index in [1.54, 1.807) is 12.1 Å². The monoisotopic (exact) mass is 413 g/mol. The molecule has 3 aromatic rings. The van der Waals surface area contributed by atoms with Crippen molar-refractivity contribution in [1.29, 1.82) is 0 Å². The molecule has 1 atom stereocenters. The highest BCUT2D eigenvalue weighted by molar-refractivity contribution is 5.98. The van der Waals surface area contributed by atoms with E-state index < -0.39 is 23.6 Å². The standard InChI is InChI=1S/C21H17F2N3O4/c22-13-5-7-15(8-6-13)26-11-14(9-20(26)27)24-21(28)18-10-16(30-25-18)12-29-19-4-2-1-3-17(19)23/h1-8,10,14H,9,11-12H2,(H,24,28)/t14-/m1/s1. The zero-order valence-electron chi connectivity index (χ0n) is 15.7. The molecule has 30 heavy (non-hydrogen) atoms. The minimum Gasteiger partial charge on any atom is -0.482 e. The summed E-state index contributed by atoms with van der Waals surface area (Å²) in [6, 6.07) is 12.5. The van der Waals surface area contributed by atoms with E-state index in [1.165, 1.54) is 47.4 Å². The van der Waals surface area contributed by atoms with E-state index in [0.717, 1.165) is 0 Å². The van der Waals surface area contributed by atoms with E-state index in [2.05, 4.69) is 10.5 Å². The molecule has 4 rings (SSSR count). The second-order valence-corrected chi connectivity index (χ2v) is 6.75. The Morgan fingerprint density at radius 1 is 1.20 bits per heavy atom. The summed E-state index contributed by atoms with van der Waals surface area (Å²) in [5.74, 6) is -1.27. The number of rotatable bonds is 6. The van der Waals surface area contributed by atoms with Crippen molar-refractivity contribution in [2.75, 3.05) is 11.4 Å². The van der Waals surface area contributed by atoms with Crippen LogP contribution in [0.25, 0.3) is 0 Å². The van der Waals surface area contributed by atoms with Gasteiger partial charge in [-0.1, -0.05) is 17.3 Å². The Labute approximate surface area is 170 Å². The molecule has 2 aromatic carbocycles. The highest BCUT2D eigenvalue weighted by Crippen LogP contribution is 2.22. The summed E-state index contributed by atoms with van der Waals surface area (Å²) in [5.41, 5.74) is 0.585. The fourth-order valence-electron chi connectivity index (χ4n) is 3.13. The Morgan fingerprint density at radius 3 is 2.73 bits per heavy atom.